The van der Waals surface area contributed by atoms with E-state index in [9.17, 15) is 8.42 Å². The van der Waals surface area contributed by atoms with Crippen LogP contribution in [0, 0.1) is 0 Å². The Labute approximate surface area is 187 Å². The third kappa shape index (κ3) is 15.1. The molecule has 4 nitrogen and oxygen atoms in total. The molecule has 0 saturated carbocycles. The molecule has 0 aromatic heterocycles. The van der Waals surface area contributed by atoms with Gasteiger partial charge in [-0.25, -0.2) is 8.37 Å². The average Bonchev–Trinajstić information content (AvgIpc) is 2.59. The molecule has 0 bridgehead atoms. The van der Waals surface area contributed by atoms with E-state index in [4.69, 9.17) is 8.37 Å². The van der Waals surface area contributed by atoms with Crippen LogP contribution in [0.3, 0.4) is 0 Å². The zero-order valence-electron chi connectivity index (χ0n) is 17.6. The Morgan fingerprint density at radius 1 is 0.800 bits per heavy atom. The standard InChI is InChI=1S/C19H32O4S.Ca.2H/c1-2-3-4-5-6-7-8-9-10-14-17-22-24(20,21)23-18-19-15-12-11-13-16-19;;;/h11-13,15-16H,2-10,14,17-18H2,1H3;;;/q;+2;2*-1. The van der Waals surface area contributed by atoms with Crippen molar-refractivity contribution in [1.29, 1.82) is 0 Å². The van der Waals surface area contributed by atoms with E-state index in [0.717, 1.165) is 24.8 Å². The minimum atomic E-state index is -3.89. The minimum Gasteiger partial charge on any atom is -1.00 e. The summed E-state index contributed by atoms with van der Waals surface area (Å²) in [6.45, 7) is 2.45. The molecule has 6 heteroatoms. The third-order valence-corrected chi connectivity index (χ3v) is 4.80. The van der Waals surface area contributed by atoms with Crippen LogP contribution in [0.25, 0.3) is 0 Å². The number of unbranched alkanes of at least 4 members (excludes halogenated alkanes) is 9. The van der Waals surface area contributed by atoms with Gasteiger partial charge >= 0.3 is 48.1 Å². The summed E-state index contributed by atoms with van der Waals surface area (Å²) in [4.78, 5) is 0. The fraction of sp³-hybridized carbons (Fsp3) is 0.684. The van der Waals surface area contributed by atoms with E-state index < -0.39 is 10.4 Å². The van der Waals surface area contributed by atoms with Gasteiger partial charge in [-0.2, -0.15) is 8.42 Å². The van der Waals surface area contributed by atoms with E-state index in [1.54, 1.807) is 0 Å². The van der Waals surface area contributed by atoms with Crippen LogP contribution in [0.1, 0.15) is 79.5 Å². The summed E-state index contributed by atoms with van der Waals surface area (Å²) in [5.74, 6) is 0. The van der Waals surface area contributed by atoms with Crippen LogP contribution >= 0.6 is 0 Å². The van der Waals surface area contributed by atoms with Crippen molar-refractivity contribution in [3.05, 3.63) is 35.9 Å². The number of hydrogen-bond donors (Lipinski definition) is 0. The predicted octanol–water partition coefficient (Wildman–Crippen LogP) is 5.23. The molecule has 0 N–H and O–H groups in total. The van der Waals surface area contributed by atoms with Crippen molar-refractivity contribution in [3.8, 4) is 0 Å². The van der Waals surface area contributed by atoms with E-state index in [2.05, 4.69) is 6.92 Å². The van der Waals surface area contributed by atoms with Crippen molar-refractivity contribution < 1.29 is 19.6 Å². The van der Waals surface area contributed by atoms with Crippen molar-refractivity contribution in [3.63, 3.8) is 0 Å². The van der Waals surface area contributed by atoms with Crippen molar-refractivity contribution in [2.75, 3.05) is 6.61 Å². The fourth-order valence-electron chi connectivity index (χ4n) is 2.50. The molecule has 0 atom stereocenters. The SMILES string of the molecule is CCCCCCCCCCCCOS(=O)(=O)OCc1ccccc1.[Ca+2].[H-].[H-]. The number of benzene rings is 1. The minimum absolute atomic E-state index is 0. The van der Waals surface area contributed by atoms with Gasteiger partial charge in [0.25, 0.3) is 0 Å². The zero-order valence-corrected chi connectivity index (χ0v) is 18.6. The van der Waals surface area contributed by atoms with Gasteiger partial charge in [-0.1, -0.05) is 95.0 Å². The van der Waals surface area contributed by atoms with E-state index in [1.807, 2.05) is 30.3 Å². The molecule has 1 aromatic carbocycles. The van der Waals surface area contributed by atoms with Gasteiger partial charge in [0.1, 0.15) is 0 Å². The van der Waals surface area contributed by atoms with Gasteiger partial charge in [0.15, 0.2) is 0 Å². The summed E-state index contributed by atoms with van der Waals surface area (Å²) in [7, 11) is -3.89. The first-order valence-electron chi connectivity index (χ1n) is 9.22. The van der Waals surface area contributed by atoms with Gasteiger partial charge in [0, 0.05) is 0 Å². The molecule has 0 saturated heterocycles. The number of hydrogen-bond acceptors (Lipinski definition) is 4. The van der Waals surface area contributed by atoms with Gasteiger partial charge in [0.05, 0.1) is 13.2 Å². The van der Waals surface area contributed by atoms with Gasteiger partial charge in [-0.05, 0) is 12.0 Å². The molecule has 0 aliphatic carbocycles. The third-order valence-electron chi connectivity index (χ3n) is 3.94. The van der Waals surface area contributed by atoms with Crippen LogP contribution in [-0.2, 0) is 25.4 Å². The van der Waals surface area contributed by atoms with Crippen LogP contribution < -0.4 is 0 Å². The Hall–Kier alpha value is 0.350. The Morgan fingerprint density at radius 2 is 1.32 bits per heavy atom. The van der Waals surface area contributed by atoms with E-state index in [-0.39, 0.29) is 53.8 Å². The quantitative estimate of drug-likeness (QED) is 0.300. The Morgan fingerprint density at radius 3 is 1.88 bits per heavy atom. The summed E-state index contributed by atoms with van der Waals surface area (Å²) in [6, 6.07) is 9.20. The molecule has 1 rings (SSSR count). The topological polar surface area (TPSA) is 52.6 Å². The van der Waals surface area contributed by atoms with Crippen LogP contribution in [0.4, 0.5) is 0 Å². The summed E-state index contributed by atoms with van der Waals surface area (Å²) in [6.07, 6.45) is 12.1. The molecule has 0 spiro atoms. The van der Waals surface area contributed by atoms with Crippen molar-refractivity contribution in [2.24, 2.45) is 0 Å². The first-order valence-corrected chi connectivity index (χ1v) is 10.5. The van der Waals surface area contributed by atoms with Crippen molar-refractivity contribution >= 4 is 48.1 Å². The smallest absolute Gasteiger partial charge is 1.00 e. The zero-order chi connectivity index (χ0) is 17.5. The van der Waals surface area contributed by atoms with Crippen LogP contribution in [0.5, 0.6) is 0 Å². The predicted molar refractivity (Wildman–Crippen MR) is 106 cm³/mol. The Kier molecular flexibility index (Phi) is 16.7. The summed E-state index contributed by atoms with van der Waals surface area (Å²) in [5, 5.41) is 0. The summed E-state index contributed by atoms with van der Waals surface area (Å²) in [5.41, 5.74) is 0.809. The van der Waals surface area contributed by atoms with E-state index >= 15 is 0 Å². The van der Waals surface area contributed by atoms with Crippen molar-refractivity contribution in [2.45, 2.75) is 77.7 Å². The molecule has 25 heavy (non-hydrogen) atoms. The second-order valence-corrected chi connectivity index (χ2v) is 7.45. The van der Waals surface area contributed by atoms with Crippen LogP contribution in [0.15, 0.2) is 30.3 Å². The molecule has 0 unspecified atom stereocenters. The molecular formula is C19H34CaO4S. The Bertz CT molecular complexity index is 516. The molecule has 1 aromatic rings. The van der Waals surface area contributed by atoms with E-state index in [1.165, 1.54) is 44.9 Å². The first kappa shape index (κ1) is 25.3. The monoisotopic (exact) mass is 398 g/mol. The molecule has 142 valence electrons. The molecule has 0 radical (unpaired) electrons. The van der Waals surface area contributed by atoms with Crippen LogP contribution in [-0.4, -0.2) is 52.8 Å². The second kappa shape index (κ2) is 16.5. The summed E-state index contributed by atoms with van der Waals surface area (Å²) >= 11 is 0. The average molecular weight is 399 g/mol. The van der Waals surface area contributed by atoms with Gasteiger partial charge in [-0.3, -0.25) is 0 Å². The fourth-order valence-corrected chi connectivity index (χ4v) is 3.17. The maximum Gasteiger partial charge on any atom is 2.00 e. The molecule has 0 heterocycles. The summed E-state index contributed by atoms with van der Waals surface area (Å²) < 4.78 is 33.0. The second-order valence-electron chi connectivity index (χ2n) is 6.16. The maximum atomic E-state index is 11.6. The molecule has 0 aliphatic heterocycles. The van der Waals surface area contributed by atoms with Gasteiger partial charge in [-0.15, -0.1) is 0 Å². The number of rotatable bonds is 15. The molecule has 0 fully saturated rings. The Balaban J connectivity index is -0.00000192. The van der Waals surface area contributed by atoms with Crippen LogP contribution in [0.2, 0.25) is 0 Å². The van der Waals surface area contributed by atoms with Crippen molar-refractivity contribution in [1.82, 2.24) is 0 Å². The largest absolute Gasteiger partial charge is 2.00 e. The molecular weight excluding hydrogens is 364 g/mol. The van der Waals surface area contributed by atoms with E-state index in [0.29, 0.717) is 0 Å². The normalized spacial score (nSPS) is 11.2. The van der Waals surface area contributed by atoms with Gasteiger partial charge in [0.2, 0.25) is 0 Å². The first-order chi connectivity index (χ1) is 11.6. The van der Waals surface area contributed by atoms with Gasteiger partial charge < -0.3 is 2.85 Å². The molecule has 0 amide bonds. The maximum absolute atomic E-state index is 11.6. The molecule has 0 aliphatic rings.